The number of carbonyl (C=O) groups excluding carboxylic acids is 2. The molecule has 13 heteroatoms. The number of anilines is 3. The van der Waals surface area contributed by atoms with Crippen molar-refractivity contribution in [2.24, 2.45) is 5.92 Å². The lowest BCUT2D eigenvalue weighted by Gasteiger charge is -2.29. The summed E-state index contributed by atoms with van der Waals surface area (Å²) in [4.78, 5) is 37.5. The summed E-state index contributed by atoms with van der Waals surface area (Å²) in [5, 5.41) is 14.3. The van der Waals surface area contributed by atoms with Gasteiger partial charge in [0.05, 0.1) is 36.6 Å². The molecule has 0 unspecified atom stereocenters. The molecule has 4 aromatic heterocycles. The van der Waals surface area contributed by atoms with Crippen LogP contribution in [0.2, 0.25) is 0 Å². The van der Waals surface area contributed by atoms with Gasteiger partial charge < -0.3 is 25.3 Å². The monoisotopic (exact) mass is 561 g/mol. The number of pyridine rings is 1. The molecule has 41 heavy (non-hydrogen) atoms. The summed E-state index contributed by atoms with van der Waals surface area (Å²) in [7, 11) is 0. The third kappa shape index (κ3) is 6.61. The average molecular weight is 562 g/mol. The van der Waals surface area contributed by atoms with E-state index in [1.54, 1.807) is 12.5 Å². The van der Waals surface area contributed by atoms with Crippen molar-refractivity contribution in [2.45, 2.75) is 63.6 Å². The topological polar surface area (TPSA) is 140 Å². The van der Waals surface area contributed by atoms with Gasteiger partial charge in [0.2, 0.25) is 0 Å². The summed E-state index contributed by atoms with van der Waals surface area (Å²) in [5.74, 6) is -0.414. The molecular weight excluding hydrogens is 529 g/mol. The van der Waals surface area contributed by atoms with Gasteiger partial charge in [-0.3, -0.25) is 14.6 Å². The first kappa shape index (κ1) is 26.7. The van der Waals surface area contributed by atoms with E-state index < -0.39 is 11.7 Å². The molecule has 4 heterocycles. The van der Waals surface area contributed by atoms with E-state index in [2.05, 4.69) is 36.0 Å². The molecule has 2 aliphatic carbocycles. The lowest BCUT2D eigenvalue weighted by molar-refractivity contribution is -0.145. The van der Waals surface area contributed by atoms with Gasteiger partial charge in [0.25, 0.3) is 5.91 Å². The normalized spacial score (nSPS) is 18.7. The van der Waals surface area contributed by atoms with E-state index in [9.17, 15) is 14.0 Å². The highest BCUT2D eigenvalue weighted by Gasteiger charge is 2.27. The summed E-state index contributed by atoms with van der Waals surface area (Å²) in [6, 6.07) is 3.86. The number of amides is 1. The number of esters is 1. The van der Waals surface area contributed by atoms with Crippen molar-refractivity contribution in [3.05, 3.63) is 61.0 Å². The van der Waals surface area contributed by atoms with Gasteiger partial charge in [-0.15, -0.1) is 5.10 Å². The minimum atomic E-state index is -0.626. The Bertz CT molecular complexity index is 1510. The van der Waals surface area contributed by atoms with Crippen LogP contribution in [0, 0.1) is 11.7 Å². The SMILES string of the molecule is O=C(CC1CCC(Nc2cc(NC3CC3)c3ncc(C(=O)Nc4ccncc4F)n3n2)CC1)OCCn1ccnc1. The van der Waals surface area contributed by atoms with Crippen LogP contribution in [-0.2, 0) is 16.1 Å². The van der Waals surface area contributed by atoms with Gasteiger partial charge in [-0.1, -0.05) is 0 Å². The molecule has 0 atom stereocenters. The van der Waals surface area contributed by atoms with Crippen LogP contribution in [0.4, 0.5) is 21.6 Å². The molecule has 0 bridgehead atoms. The zero-order valence-corrected chi connectivity index (χ0v) is 22.5. The molecule has 0 radical (unpaired) electrons. The minimum absolute atomic E-state index is 0.0319. The summed E-state index contributed by atoms with van der Waals surface area (Å²) < 4.78 is 22.9. The molecule has 214 valence electrons. The molecule has 2 fully saturated rings. The second-order valence-electron chi connectivity index (χ2n) is 10.6. The number of ether oxygens (including phenoxy) is 1. The van der Waals surface area contributed by atoms with Crippen molar-refractivity contribution >= 4 is 34.7 Å². The molecule has 0 spiro atoms. The van der Waals surface area contributed by atoms with Crippen molar-refractivity contribution in [1.29, 1.82) is 0 Å². The van der Waals surface area contributed by atoms with Crippen LogP contribution < -0.4 is 16.0 Å². The lowest BCUT2D eigenvalue weighted by atomic mass is 9.84. The first-order valence-electron chi connectivity index (χ1n) is 14.0. The molecule has 0 saturated heterocycles. The van der Waals surface area contributed by atoms with Crippen LogP contribution in [0.25, 0.3) is 5.65 Å². The summed E-state index contributed by atoms with van der Waals surface area (Å²) in [6.45, 7) is 0.932. The maximum Gasteiger partial charge on any atom is 0.306 e. The van der Waals surface area contributed by atoms with E-state index in [1.807, 2.05) is 16.8 Å². The van der Waals surface area contributed by atoms with E-state index in [0.717, 1.165) is 50.4 Å². The number of nitrogens with one attached hydrogen (secondary N) is 3. The Balaban J connectivity index is 1.09. The zero-order valence-electron chi connectivity index (χ0n) is 22.5. The highest BCUT2D eigenvalue weighted by molar-refractivity contribution is 6.03. The molecule has 6 rings (SSSR count). The largest absolute Gasteiger partial charge is 0.464 e. The number of imidazole rings is 2. The Kier molecular flexibility index (Phi) is 7.74. The molecule has 2 saturated carbocycles. The Morgan fingerprint density at radius 3 is 2.56 bits per heavy atom. The number of nitrogens with zero attached hydrogens (tertiary/aromatic N) is 6. The quantitative estimate of drug-likeness (QED) is 0.233. The van der Waals surface area contributed by atoms with Gasteiger partial charge in [0.15, 0.2) is 17.2 Å². The highest BCUT2D eigenvalue weighted by atomic mass is 19.1. The van der Waals surface area contributed by atoms with Crippen molar-refractivity contribution in [3.63, 3.8) is 0 Å². The number of fused-ring (bicyclic) bond motifs is 1. The molecule has 1 amide bonds. The Morgan fingerprint density at radius 2 is 1.80 bits per heavy atom. The number of hydrogen-bond donors (Lipinski definition) is 3. The summed E-state index contributed by atoms with van der Waals surface area (Å²) in [6.07, 6.45) is 15.3. The van der Waals surface area contributed by atoms with Crippen LogP contribution in [0.3, 0.4) is 0 Å². The molecule has 2 aliphatic rings. The van der Waals surface area contributed by atoms with Crippen LogP contribution in [0.5, 0.6) is 0 Å². The standard InChI is InChI=1S/C28H32FN9O3/c29-21-15-30-8-7-22(21)35-28(40)24-16-32-27-23(33-19-5-6-19)14-25(36-38(24)27)34-20-3-1-18(2-4-20)13-26(39)41-12-11-37-10-9-31-17-37/h7-10,14-20,33H,1-6,11-13H2,(H,34,36)(H,30,35,40). The maximum atomic E-state index is 14.1. The fourth-order valence-electron chi connectivity index (χ4n) is 5.11. The average Bonchev–Trinajstić information content (AvgIpc) is 3.43. The number of aromatic nitrogens is 6. The van der Waals surface area contributed by atoms with E-state index in [0.29, 0.717) is 37.1 Å². The third-order valence-corrected chi connectivity index (χ3v) is 7.48. The Morgan fingerprint density at radius 1 is 1.00 bits per heavy atom. The highest BCUT2D eigenvalue weighted by Crippen LogP contribution is 2.32. The van der Waals surface area contributed by atoms with Crippen LogP contribution in [0.1, 0.15) is 55.4 Å². The summed E-state index contributed by atoms with van der Waals surface area (Å²) in [5.41, 5.74) is 1.53. The molecule has 3 N–H and O–H groups in total. The van der Waals surface area contributed by atoms with E-state index in [-0.39, 0.29) is 29.3 Å². The molecular formula is C28H32FN9O3. The fraction of sp³-hybridized carbons (Fsp3) is 0.429. The van der Waals surface area contributed by atoms with Crippen molar-refractivity contribution in [1.82, 2.24) is 29.1 Å². The Labute approximate surface area is 235 Å². The van der Waals surface area contributed by atoms with E-state index in [4.69, 9.17) is 4.74 Å². The third-order valence-electron chi connectivity index (χ3n) is 7.48. The van der Waals surface area contributed by atoms with Crippen LogP contribution >= 0.6 is 0 Å². The molecule has 12 nitrogen and oxygen atoms in total. The van der Waals surface area contributed by atoms with Gasteiger partial charge in [-0.2, -0.15) is 0 Å². The first-order valence-corrected chi connectivity index (χ1v) is 14.0. The second kappa shape index (κ2) is 11.9. The first-order chi connectivity index (χ1) is 20.0. The van der Waals surface area contributed by atoms with Crippen LogP contribution in [-0.4, -0.2) is 59.7 Å². The minimum Gasteiger partial charge on any atom is -0.464 e. The van der Waals surface area contributed by atoms with Crippen molar-refractivity contribution in [3.8, 4) is 0 Å². The van der Waals surface area contributed by atoms with Gasteiger partial charge >= 0.3 is 5.97 Å². The summed E-state index contributed by atoms with van der Waals surface area (Å²) >= 11 is 0. The predicted molar refractivity (Wildman–Crippen MR) is 149 cm³/mol. The lowest BCUT2D eigenvalue weighted by Crippen LogP contribution is -2.28. The van der Waals surface area contributed by atoms with E-state index in [1.165, 1.54) is 23.0 Å². The second-order valence-corrected chi connectivity index (χ2v) is 10.6. The number of carbonyl (C=O) groups is 2. The number of rotatable bonds is 11. The van der Waals surface area contributed by atoms with Crippen LogP contribution in [0.15, 0.2) is 49.4 Å². The van der Waals surface area contributed by atoms with Gasteiger partial charge in [-0.05, 0) is 50.5 Å². The molecule has 0 aliphatic heterocycles. The maximum absolute atomic E-state index is 14.1. The zero-order chi connectivity index (χ0) is 28.2. The van der Waals surface area contributed by atoms with Crippen molar-refractivity contribution < 1.29 is 18.7 Å². The molecule has 4 aromatic rings. The van der Waals surface area contributed by atoms with Gasteiger partial charge in [0, 0.05) is 43.2 Å². The van der Waals surface area contributed by atoms with Gasteiger partial charge in [-0.25, -0.2) is 18.9 Å². The molecule has 0 aromatic carbocycles. The fourth-order valence-corrected chi connectivity index (χ4v) is 5.11. The van der Waals surface area contributed by atoms with Crippen molar-refractivity contribution in [2.75, 3.05) is 22.6 Å². The number of halogens is 1. The Hall–Kier alpha value is -4.55. The number of hydrogen-bond acceptors (Lipinski definition) is 9. The van der Waals surface area contributed by atoms with Gasteiger partial charge in [0.1, 0.15) is 12.4 Å². The van der Waals surface area contributed by atoms with E-state index >= 15 is 0 Å². The predicted octanol–water partition coefficient (Wildman–Crippen LogP) is 3.89. The smallest absolute Gasteiger partial charge is 0.306 e.